The molecule has 0 saturated heterocycles. The van der Waals surface area contributed by atoms with Gasteiger partial charge in [0, 0.05) is 43.8 Å². The fraction of sp³-hybridized carbons (Fsp3) is 0.235. The van der Waals surface area contributed by atoms with Crippen LogP contribution in [0, 0.1) is 0 Å². The van der Waals surface area contributed by atoms with Crippen LogP contribution in [0.25, 0.3) is 11.3 Å². The molecule has 0 atom stereocenters. The second kappa shape index (κ2) is 5.69. The summed E-state index contributed by atoms with van der Waals surface area (Å²) in [7, 11) is 0. The molecule has 3 aromatic heterocycles. The topological polar surface area (TPSA) is 46.8 Å². The first-order valence-corrected chi connectivity index (χ1v) is 7.47. The van der Waals surface area contributed by atoms with E-state index >= 15 is 0 Å². The van der Waals surface area contributed by atoms with Crippen molar-refractivity contribution in [2.75, 3.05) is 6.54 Å². The van der Waals surface area contributed by atoms with Crippen LogP contribution >= 0.6 is 0 Å². The van der Waals surface area contributed by atoms with E-state index in [0.29, 0.717) is 0 Å². The van der Waals surface area contributed by atoms with Gasteiger partial charge in [-0.15, -0.1) is 0 Å². The largest absolute Gasteiger partial charge is 0.326 e. The molecule has 0 N–H and O–H groups in total. The van der Waals surface area contributed by atoms with Gasteiger partial charge in [0.2, 0.25) is 0 Å². The molecule has 5 heteroatoms. The van der Waals surface area contributed by atoms with Gasteiger partial charge in [0.25, 0.3) is 0 Å². The Balaban J connectivity index is 1.54. The Morgan fingerprint density at radius 1 is 0.955 bits per heavy atom. The molecule has 110 valence electrons. The summed E-state index contributed by atoms with van der Waals surface area (Å²) in [6.07, 6.45) is 7.47. The average molecular weight is 291 g/mol. The Labute approximate surface area is 129 Å². The maximum Gasteiger partial charge on any atom is 0.123 e. The summed E-state index contributed by atoms with van der Waals surface area (Å²) in [4.78, 5) is 15.5. The van der Waals surface area contributed by atoms with Crippen molar-refractivity contribution < 1.29 is 0 Å². The van der Waals surface area contributed by atoms with Crippen LogP contribution < -0.4 is 0 Å². The molecule has 0 aromatic carbocycles. The number of hydrogen-bond donors (Lipinski definition) is 0. The molecule has 0 saturated carbocycles. The van der Waals surface area contributed by atoms with Gasteiger partial charge in [-0.2, -0.15) is 0 Å². The molecule has 5 nitrogen and oxygen atoms in total. The van der Waals surface area contributed by atoms with Gasteiger partial charge in [0.15, 0.2) is 0 Å². The van der Waals surface area contributed by atoms with Gasteiger partial charge in [-0.3, -0.25) is 14.9 Å². The maximum absolute atomic E-state index is 4.61. The highest BCUT2D eigenvalue weighted by Gasteiger charge is 2.20. The van der Waals surface area contributed by atoms with Gasteiger partial charge >= 0.3 is 0 Å². The smallest absolute Gasteiger partial charge is 0.123 e. The third kappa shape index (κ3) is 2.51. The van der Waals surface area contributed by atoms with Crippen LogP contribution in [0.2, 0.25) is 0 Å². The molecule has 0 aliphatic carbocycles. The molecule has 0 radical (unpaired) electrons. The fourth-order valence-corrected chi connectivity index (χ4v) is 2.92. The monoisotopic (exact) mass is 291 g/mol. The zero-order valence-corrected chi connectivity index (χ0v) is 12.3. The Kier molecular flexibility index (Phi) is 3.40. The van der Waals surface area contributed by atoms with Crippen LogP contribution in [-0.4, -0.2) is 31.0 Å². The molecule has 1 aliphatic rings. The Bertz CT molecular complexity index is 751. The lowest BCUT2D eigenvalue weighted by Crippen LogP contribution is -2.33. The summed E-state index contributed by atoms with van der Waals surface area (Å²) in [6.45, 7) is 3.71. The van der Waals surface area contributed by atoms with Crippen molar-refractivity contribution in [3.05, 3.63) is 66.6 Å². The van der Waals surface area contributed by atoms with Crippen LogP contribution in [0.5, 0.6) is 0 Å². The first-order valence-electron chi connectivity index (χ1n) is 7.47. The number of aromatic nitrogens is 4. The third-order valence-electron chi connectivity index (χ3n) is 4.03. The second-order valence-electron chi connectivity index (χ2n) is 5.48. The summed E-state index contributed by atoms with van der Waals surface area (Å²) in [5.41, 5.74) is 3.46. The average Bonchev–Trinajstić information content (AvgIpc) is 3.00. The molecule has 0 fully saturated rings. The van der Waals surface area contributed by atoms with Crippen LogP contribution in [0.4, 0.5) is 0 Å². The van der Waals surface area contributed by atoms with E-state index in [1.807, 2.05) is 49.1 Å². The van der Waals surface area contributed by atoms with E-state index in [1.54, 1.807) is 0 Å². The van der Waals surface area contributed by atoms with Crippen LogP contribution in [0.1, 0.15) is 11.5 Å². The van der Waals surface area contributed by atoms with Gasteiger partial charge in [-0.25, -0.2) is 4.98 Å². The lowest BCUT2D eigenvalue weighted by atomic mass is 10.2. The van der Waals surface area contributed by atoms with Crippen molar-refractivity contribution >= 4 is 0 Å². The Morgan fingerprint density at radius 2 is 1.86 bits per heavy atom. The number of fused-ring (bicyclic) bond motifs is 1. The van der Waals surface area contributed by atoms with Crippen molar-refractivity contribution in [3.63, 3.8) is 0 Å². The zero-order chi connectivity index (χ0) is 14.8. The molecule has 4 heterocycles. The van der Waals surface area contributed by atoms with Gasteiger partial charge in [-0.1, -0.05) is 6.07 Å². The van der Waals surface area contributed by atoms with E-state index < -0.39 is 0 Å². The molecular formula is C17H17N5. The quantitative estimate of drug-likeness (QED) is 0.743. The maximum atomic E-state index is 4.61. The standard InChI is InChI=1S/C17H17N5/c1-2-6-19-15(3-1)12-21-9-10-22-16(11-20-17(22)13-21)14-4-7-18-8-5-14/h1-8,11H,9-10,12-13H2. The lowest BCUT2D eigenvalue weighted by molar-refractivity contribution is 0.207. The van der Waals surface area contributed by atoms with Crippen LogP contribution in [-0.2, 0) is 19.6 Å². The Morgan fingerprint density at radius 3 is 2.68 bits per heavy atom. The molecule has 22 heavy (non-hydrogen) atoms. The number of hydrogen-bond acceptors (Lipinski definition) is 4. The van der Waals surface area contributed by atoms with Crippen LogP contribution in [0.3, 0.4) is 0 Å². The van der Waals surface area contributed by atoms with Crippen molar-refractivity contribution in [2.45, 2.75) is 19.6 Å². The molecule has 0 amide bonds. The van der Waals surface area contributed by atoms with Gasteiger partial charge in [0.05, 0.1) is 24.1 Å². The number of nitrogens with zero attached hydrogens (tertiary/aromatic N) is 5. The molecular weight excluding hydrogens is 274 g/mol. The van der Waals surface area contributed by atoms with E-state index in [4.69, 9.17) is 0 Å². The minimum Gasteiger partial charge on any atom is -0.326 e. The van der Waals surface area contributed by atoms with E-state index in [2.05, 4.69) is 30.5 Å². The summed E-state index contributed by atoms with van der Waals surface area (Å²) in [5.74, 6) is 1.12. The van der Waals surface area contributed by atoms with Gasteiger partial charge in [0.1, 0.15) is 5.82 Å². The third-order valence-corrected chi connectivity index (χ3v) is 4.03. The number of pyridine rings is 2. The SMILES string of the molecule is c1ccc(CN2CCn3c(-c4ccncc4)cnc3C2)nc1. The van der Waals surface area contributed by atoms with Crippen LogP contribution in [0.15, 0.2) is 55.1 Å². The summed E-state index contributed by atoms with van der Waals surface area (Å²) in [6, 6.07) is 10.1. The highest BCUT2D eigenvalue weighted by molar-refractivity contribution is 5.58. The number of imidazole rings is 1. The summed E-state index contributed by atoms with van der Waals surface area (Å²) >= 11 is 0. The molecule has 1 aliphatic heterocycles. The molecule has 3 aromatic rings. The van der Waals surface area contributed by atoms with Crippen molar-refractivity contribution in [1.82, 2.24) is 24.4 Å². The Hall–Kier alpha value is -2.53. The predicted molar refractivity (Wildman–Crippen MR) is 83.8 cm³/mol. The first-order chi connectivity index (χ1) is 10.9. The molecule has 0 unspecified atom stereocenters. The van der Waals surface area contributed by atoms with Gasteiger partial charge < -0.3 is 4.57 Å². The second-order valence-corrected chi connectivity index (χ2v) is 5.48. The predicted octanol–water partition coefficient (Wildman–Crippen LogP) is 2.36. The summed E-state index contributed by atoms with van der Waals surface area (Å²) in [5, 5.41) is 0. The minimum atomic E-state index is 0.863. The first kappa shape index (κ1) is 13.2. The minimum absolute atomic E-state index is 0.863. The van der Waals surface area contributed by atoms with E-state index in [1.165, 1.54) is 11.3 Å². The number of rotatable bonds is 3. The van der Waals surface area contributed by atoms with Crippen molar-refractivity contribution in [3.8, 4) is 11.3 Å². The molecule has 0 spiro atoms. The lowest BCUT2D eigenvalue weighted by Gasteiger charge is -2.28. The van der Waals surface area contributed by atoms with Crippen molar-refractivity contribution in [1.29, 1.82) is 0 Å². The van der Waals surface area contributed by atoms with E-state index in [-0.39, 0.29) is 0 Å². The zero-order valence-electron chi connectivity index (χ0n) is 12.3. The fourth-order valence-electron chi connectivity index (χ4n) is 2.92. The highest BCUT2D eigenvalue weighted by atomic mass is 15.2. The molecule has 0 bridgehead atoms. The summed E-state index contributed by atoms with van der Waals surface area (Å²) < 4.78 is 2.31. The van der Waals surface area contributed by atoms with Gasteiger partial charge in [-0.05, 0) is 24.3 Å². The van der Waals surface area contributed by atoms with Crippen molar-refractivity contribution in [2.24, 2.45) is 0 Å². The van der Waals surface area contributed by atoms with E-state index in [9.17, 15) is 0 Å². The van der Waals surface area contributed by atoms with E-state index in [0.717, 1.165) is 37.7 Å². The highest BCUT2D eigenvalue weighted by Crippen LogP contribution is 2.23. The normalized spacial score (nSPS) is 14.7. The molecule has 4 rings (SSSR count).